The van der Waals surface area contributed by atoms with Gasteiger partial charge in [0.1, 0.15) is 6.61 Å². The average molecular weight is 466 g/mol. The zero-order valence-corrected chi connectivity index (χ0v) is 19.1. The van der Waals surface area contributed by atoms with E-state index in [4.69, 9.17) is 32.7 Å². The molecule has 0 unspecified atom stereocenters. The van der Waals surface area contributed by atoms with Crippen LogP contribution < -0.4 is 20.2 Å². The number of nitrogens with one attached hydrogen (secondary N) is 2. The lowest BCUT2D eigenvalue weighted by atomic mass is 10.2. The maximum absolute atomic E-state index is 11.8. The van der Waals surface area contributed by atoms with Crippen LogP contribution in [-0.2, 0) is 16.2 Å². The lowest BCUT2D eigenvalue weighted by Gasteiger charge is -2.14. The van der Waals surface area contributed by atoms with Crippen molar-refractivity contribution in [3.63, 3.8) is 0 Å². The minimum absolute atomic E-state index is 0.102. The lowest BCUT2D eigenvalue weighted by molar-refractivity contribution is -0.139. The van der Waals surface area contributed by atoms with Crippen molar-refractivity contribution >= 4 is 41.2 Å². The summed E-state index contributed by atoms with van der Waals surface area (Å²) in [7, 11) is 0. The molecule has 166 valence electrons. The number of hydrogen-bond donors (Lipinski definition) is 2. The SMILES string of the molecule is CCOc1cc(/C=N\NC(=O)C(=O)N[C@@H](C)CC)cc(Cl)c1OCc1ccc(Cl)cc1. The van der Waals surface area contributed by atoms with Crippen molar-refractivity contribution in [1.29, 1.82) is 0 Å². The van der Waals surface area contributed by atoms with Crippen LogP contribution in [0.3, 0.4) is 0 Å². The fourth-order valence-corrected chi connectivity index (χ4v) is 2.81. The first-order valence-corrected chi connectivity index (χ1v) is 10.6. The van der Waals surface area contributed by atoms with Gasteiger partial charge in [-0.15, -0.1) is 0 Å². The summed E-state index contributed by atoms with van der Waals surface area (Å²) in [6.07, 6.45) is 2.08. The molecule has 1 atom stereocenters. The Kier molecular flexibility index (Phi) is 9.62. The van der Waals surface area contributed by atoms with Gasteiger partial charge in [-0.1, -0.05) is 42.3 Å². The zero-order valence-electron chi connectivity index (χ0n) is 17.6. The van der Waals surface area contributed by atoms with Gasteiger partial charge in [0.05, 0.1) is 17.8 Å². The van der Waals surface area contributed by atoms with Gasteiger partial charge >= 0.3 is 11.8 Å². The maximum atomic E-state index is 11.8. The summed E-state index contributed by atoms with van der Waals surface area (Å²) in [5.74, 6) is -0.764. The minimum Gasteiger partial charge on any atom is -0.490 e. The molecule has 9 heteroatoms. The van der Waals surface area contributed by atoms with Crippen LogP contribution in [0.2, 0.25) is 10.0 Å². The van der Waals surface area contributed by atoms with Gasteiger partial charge in [-0.2, -0.15) is 5.10 Å². The molecule has 2 amide bonds. The Hall–Kier alpha value is -2.77. The highest BCUT2D eigenvalue weighted by atomic mass is 35.5. The van der Waals surface area contributed by atoms with Crippen molar-refractivity contribution in [3.05, 3.63) is 57.6 Å². The molecule has 0 saturated heterocycles. The highest BCUT2D eigenvalue weighted by molar-refractivity contribution is 6.35. The minimum atomic E-state index is -0.851. The first kappa shape index (κ1) is 24.5. The highest BCUT2D eigenvalue weighted by Gasteiger charge is 2.15. The quantitative estimate of drug-likeness (QED) is 0.327. The number of hydrogen-bond acceptors (Lipinski definition) is 5. The normalized spacial score (nSPS) is 11.8. The molecule has 7 nitrogen and oxygen atoms in total. The molecule has 2 aromatic carbocycles. The Morgan fingerprint density at radius 3 is 2.45 bits per heavy atom. The van der Waals surface area contributed by atoms with Crippen LogP contribution in [0.1, 0.15) is 38.3 Å². The van der Waals surface area contributed by atoms with Gasteiger partial charge < -0.3 is 14.8 Å². The van der Waals surface area contributed by atoms with E-state index in [0.717, 1.165) is 5.56 Å². The molecule has 0 fully saturated rings. The molecule has 2 N–H and O–H groups in total. The molecule has 0 spiro atoms. The molecule has 31 heavy (non-hydrogen) atoms. The summed E-state index contributed by atoms with van der Waals surface area (Å²) in [4.78, 5) is 23.5. The van der Waals surface area contributed by atoms with Crippen molar-refractivity contribution < 1.29 is 19.1 Å². The third-order valence-electron chi connectivity index (χ3n) is 4.20. The van der Waals surface area contributed by atoms with E-state index in [2.05, 4.69) is 15.8 Å². The molecule has 0 aliphatic carbocycles. The number of carbonyl (C=O) groups is 2. The number of ether oxygens (including phenoxy) is 2. The van der Waals surface area contributed by atoms with Crippen molar-refractivity contribution in [2.45, 2.75) is 39.8 Å². The summed E-state index contributed by atoms with van der Waals surface area (Å²) in [5.41, 5.74) is 3.68. The van der Waals surface area contributed by atoms with Crippen LogP contribution in [0.15, 0.2) is 41.5 Å². The number of hydrazone groups is 1. The Labute approximate surface area is 191 Å². The molecule has 2 rings (SSSR count). The van der Waals surface area contributed by atoms with Crippen LogP contribution in [0, 0.1) is 0 Å². The standard InChI is InChI=1S/C22H25Cl2N3O4/c1-4-14(3)26-21(28)22(29)27-25-12-16-10-18(24)20(19(11-16)30-5-2)31-13-15-6-8-17(23)9-7-15/h6-12,14H,4-5,13H2,1-3H3,(H,26,28)(H,27,29)/b25-12-/t14-/m0/s1. The second-order valence-electron chi connectivity index (χ2n) is 6.66. The van der Waals surface area contributed by atoms with Gasteiger partial charge in [-0.3, -0.25) is 9.59 Å². The van der Waals surface area contributed by atoms with Crippen LogP contribution in [-0.4, -0.2) is 30.7 Å². The second-order valence-corrected chi connectivity index (χ2v) is 7.50. The molecule has 2 aromatic rings. The zero-order chi connectivity index (χ0) is 22.8. The Morgan fingerprint density at radius 1 is 1.10 bits per heavy atom. The first-order valence-electron chi connectivity index (χ1n) is 9.81. The van der Waals surface area contributed by atoms with Crippen LogP contribution in [0.5, 0.6) is 11.5 Å². The van der Waals surface area contributed by atoms with Gasteiger partial charge in [0.2, 0.25) is 0 Å². The Bertz CT molecular complexity index is 933. The summed E-state index contributed by atoms with van der Waals surface area (Å²) in [6, 6.07) is 10.5. The number of carbonyl (C=O) groups excluding carboxylic acids is 2. The molecule has 0 radical (unpaired) electrons. The van der Waals surface area contributed by atoms with E-state index < -0.39 is 11.8 Å². The van der Waals surface area contributed by atoms with Crippen molar-refractivity contribution in [3.8, 4) is 11.5 Å². The number of halogens is 2. The van der Waals surface area contributed by atoms with Crippen LogP contribution >= 0.6 is 23.2 Å². The molecule has 0 aliphatic rings. The van der Waals surface area contributed by atoms with E-state index in [1.807, 2.05) is 32.9 Å². The number of nitrogens with zero attached hydrogens (tertiary/aromatic N) is 1. The van der Waals surface area contributed by atoms with Crippen molar-refractivity contribution in [1.82, 2.24) is 10.7 Å². The largest absolute Gasteiger partial charge is 0.490 e. The summed E-state index contributed by atoms with van der Waals surface area (Å²) in [5, 5.41) is 7.34. The van der Waals surface area contributed by atoms with E-state index in [-0.39, 0.29) is 12.6 Å². The van der Waals surface area contributed by atoms with Crippen molar-refractivity contribution in [2.24, 2.45) is 5.10 Å². The van der Waals surface area contributed by atoms with Gasteiger partial charge in [0, 0.05) is 11.1 Å². The van der Waals surface area contributed by atoms with E-state index in [0.29, 0.717) is 40.1 Å². The fourth-order valence-electron chi connectivity index (χ4n) is 2.41. The number of amides is 2. The molecule has 0 saturated carbocycles. The van der Waals surface area contributed by atoms with Crippen LogP contribution in [0.4, 0.5) is 0 Å². The molecular formula is C22H25Cl2N3O4. The summed E-state index contributed by atoms with van der Waals surface area (Å²) in [6.45, 7) is 6.24. The monoisotopic (exact) mass is 465 g/mol. The lowest BCUT2D eigenvalue weighted by Crippen LogP contribution is -2.41. The Balaban J connectivity index is 2.08. The van der Waals surface area contributed by atoms with E-state index >= 15 is 0 Å². The number of benzene rings is 2. The van der Waals surface area contributed by atoms with Gasteiger partial charge in [0.25, 0.3) is 0 Å². The van der Waals surface area contributed by atoms with Crippen molar-refractivity contribution in [2.75, 3.05) is 6.61 Å². The van der Waals surface area contributed by atoms with Crippen LogP contribution in [0.25, 0.3) is 0 Å². The van der Waals surface area contributed by atoms with E-state index in [1.54, 1.807) is 24.3 Å². The van der Waals surface area contributed by atoms with Gasteiger partial charge in [-0.25, -0.2) is 5.43 Å². The smallest absolute Gasteiger partial charge is 0.329 e. The molecule has 0 bridgehead atoms. The van der Waals surface area contributed by atoms with E-state index in [1.165, 1.54) is 6.21 Å². The third kappa shape index (κ3) is 7.77. The average Bonchev–Trinajstić information content (AvgIpc) is 2.74. The maximum Gasteiger partial charge on any atom is 0.329 e. The number of rotatable bonds is 9. The van der Waals surface area contributed by atoms with E-state index in [9.17, 15) is 9.59 Å². The first-order chi connectivity index (χ1) is 14.8. The summed E-state index contributed by atoms with van der Waals surface area (Å²) < 4.78 is 11.5. The fraction of sp³-hybridized carbons (Fsp3) is 0.318. The molecule has 0 aromatic heterocycles. The van der Waals surface area contributed by atoms with Gasteiger partial charge in [-0.05, 0) is 55.7 Å². The molecular weight excluding hydrogens is 441 g/mol. The second kappa shape index (κ2) is 12.2. The predicted molar refractivity (Wildman–Crippen MR) is 122 cm³/mol. The van der Waals surface area contributed by atoms with Gasteiger partial charge in [0.15, 0.2) is 11.5 Å². The molecule has 0 aliphatic heterocycles. The predicted octanol–water partition coefficient (Wildman–Crippen LogP) is 4.34. The Morgan fingerprint density at radius 2 is 1.81 bits per heavy atom. The highest BCUT2D eigenvalue weighted by Crippen LogP contribution is 2.37. The third-order valence-corrected chi connectivity index (χ3v) is 4.74. The summed E-state index contributed by atoms with van der Waals surface area (Å²) >= 11 is 12.3. The topological polar surface area (TPSA) is 89.0 Å². The molecule has 0 heterocycles.